The van der Waals surface area contributed by atoms with Crippen LogP contribution in [0.5, 0.6) is 0 Å². The molecule has 0 aliphatic rings. The molecule has 106 valence electrons. The molecule has 1 heterocycles. The van der Waals surface area contributed by atoms with E-state index in [1.165, 1.54) is 11.8 Å². The normalized spacial score (nSPS) is 12.4. The van der Waals surface area contributed by atoms with Gasteiger partial charge in [0.2, 0.25) is 5.91 Å². The van der Waals surface area contributed by atoms with E-state index in [0.717, 1.165) is 0 Å². The van der Waals surface area contributed by atoms with Crippen LogP contribution in [0, 0.1) is 0 Å². The molecule has 0 spiro atoms. The Kier molecular flexibility index (Phi) is 5.77. The molecule has 1 atom stereocenters. The summed E-state index contributed by atoms with van der Waals surface area (Å²) < 4.78 is 1.82. The van der Waals surface area contributed by atoms with Crippen LogP contribution in [0.3, 0.4) is 0 Å². The first kappa shape index (κ1) is 15.4. The lowest BCUT2D eigenvalue weighted by Gasteiger charge is -2.10. The van der Waals surface area contributed by atoms with Crippen molar-refractivity contribution in [1.29, 1.82) is 0 Å². The number of carbonyl (C=O) groups is 2. The maximum atomic E-state index is 11.5. The molecule has 0 saturated heterocycles. The van der Waals surface area contributed by atoms with E-state index in [-0.39, 0.29) is 24.2 Å². The number of aliphatic hydroxyl groups is 1. The van der Waals surface area contributed by atoms with Crippen molar-refractivity contribution in [2.75, 3.05) is 12.3 Å². The average molecular weight is 288 g/mol. The number of nitrogens with zero attached hydrogens (tertiary/aromatic N) is 3. The Morgan fingerprint density at radius 3 is 2.79 bits per heavy atom. The van der Waals surface area contributed by atoms with Crippen LogP contribution < -0.4 is 5.32 Å². The predicted molar refractivity (Wildman–Crippen MR) is 67.8 cm³/mol. The van der Waals surface area contributed by atoms with Crippen LogP contribution in [0.25, 0.3) is 0 Å². The quantitative estimate of drug-likeness (QED) is 0.580. The molecule has 1 aromatic heterocycles. The van der Waals surface area contributed by atoms with Gasteiger partial charge in [0, 0.05) is 6.04 Å². The highest BCUT2D eigenvalue weighted by molar-refractivity contribution is 7.99. The standard InChI is InChI=1S/C10H16N4O4S/c1-6(2)14-5-12-13-10(14)19-4-8(16)11-3-7(15)9(17)18/h5-7,15H,3-4H2,1-2H3,(H,11,16)(H,17,18)/t7-/m0/s1. The fraction of sp³-hybridized carbons (Fsp3) is 0.600. The summed E-state index contributed by atoms with van der Waals surface area (Å²) in [5, 5.41) is 28.0. The predicted octanol–water partition coefficient (Wildman–Crippen LogP) is -0.487. The van der Waals surface area contributed by atoms with E-state index in [1.807, 2.05) is 18.4 Å². The zero-order chi connectivity index (χ0) is 14.4. The van der Waals surface area contributed by atoms with Crippen LogP contribution in [-0.2, 0) is 9.59 Å². The summed E-state index contributed by atoms with van der Waals surface area (Å²) in [5.41, 5.74) is 0. The average Bonchev–Trinajstić information content (AvgIpc) is 2.81. The molecule has 0 aliphatic carbocycles. The van der Waals surface area contributed by atoms with Gasteiger partial charge in [0.1, 0.15) is 6.33 Å². The van der Waals surface area contributed by atoms with E-state index in [1.54, 1.807) is 6.33 Å². The van der Waals surface area contributed by atoms with Gasteiger partial charge in [-0.2, -0.15) is 0 Å². The van der Waals surface area contributed by atoms with Crippen molar-refractivity contribution in [3.8, 4) is 0 Å². The van der Waals surface area contributed by atoms with Crippen LogP contribution in [0.15, 0.2) is 11.5 Å². The molecule has 1 aromatic rings. The molecule has 1 rings (SSSR count). The Labute approximate surface area is 114 Å². The number of aliphatic carboxylic acids is 1. The van der Waals surface area contributed by atoms with Crippen molar-refractivity contribution in [2.24, 2.45) is 0 Å². The number of amides is 1. The topological polar surface area (TPSA) is 117 Å². The summed E-state index contributed by atoms with van der Waals surface area (Å²) in [6.45, 7) is 3.62. The van der Waals surface area contributed by atoms with Crippen LogP contribution in [-0.4, -0.2) is 55.3 Å². The second-order valence-electron chi connectivity index (χ2n) is 4.06. The maximum Gasteiger partial charge on any atom is 0.334 e. The molecule has 3 N–H and O–H groups in total. The van der Waals surface area contributed by atoms with Gasteiger partial charge >= 0.3 is 5.97 Å². The third-order valence-electron chi connectivity index (χ3n) is 2.21. The molecule has 0 saturated carbocycles. The van der Waals surface area contributed by atoms with Crippen molar-refractivity contribution < 1.29 is 19.8 Å². The second kappa shape index (κ2) is 7.10. The summed E-state index contributed by atoms with van der Waals surface area (Å²) in [4.78, 5) is 21.8. The minimum Gasteiger partial charge on any atom is -0.479 e. The summed E-state index contributed by atoms with van der Waals surface area (Å²) in [6.07, 6.45) is -0.00714. The Hall–Kier alpha value is -1.61. The number of hydrogen-bond acceptors (Lipinski definition) is 6. The van der Waals surface area contributed by atoms with Gasteiger partial charge in [0.05, 0.1) is 12.3 Å². The maximum absolute atomic E-state index is 11.5. The number of nitrogens with one attached hydrogen (secondary N) is 1. The summed E-state index contributed by atoms with van der Waals surface area (Å²) in [6, 6.07) is 0.189. The van der Waals surface area contributed by atoms with E-state index < -0.39 is 12.1 Å². The van der Waals surface area contributed by atoms with Crippen molar-refractivity contribution in [3.63, 3.8) is 0 Å². The lowest BCUT2D eigenvalue weighted by molar-refractivity contribution is -0.146. The minimum atomic E-state index is -1.59. The Morgan fingerprint density at radius 1 is 1.53 bits per heavy atom. The van der Waals surface area contributed by atoms with E-state index in [4.69, 9.17) is 10.2 Å². The summed E-state index contributed by atoms with van der Waals surface area (Å²) in [5.74, 6) is -1.66. The van der Waals surface area contributed by atoms with E-state index in [0.29, 0.717) is 5.16 Å². The molecule has 8 nitrogen and oxygen atoms in total. The SMILES string of the molecule is CC(C)n1cnnc1SCC(=O)NC[C@H](O)C(=O)O. The van der Waals surface area contributed by atoms with E-state index >= 15 is 0 Å². The fourth-order valence-electron chi connectivity index (χ4n) is 1.17. The van der Waals surface area contributed by atoms with Crippen molar-refractivity contribution in [3.05, 3.63) is 6.33 Å². The zero-order valence-electron chi connectivity index (χ0n) is 10.6. The largest absolute Gasteiger partial charge is 0.479 e. The van der Waals surface area contributed by atoms with Gasteiger partial charge in [0.25, 0.3) is 0 Å². The number of aromatic nitrogens is 3. The van der Waals surface area contributed by atoms with Gasteiger partial charge in [-0.1, -0.05) is 11.8 Å². The highest BCUT2D eigenvalue weighted by Crippen LogP contribution is 2.18. The molecule has 0 aromatic carbocycles. The number of hydrogen-bond donors (Lipinski definition) is 3. The number of rotatable bonds is 7. The highest BCUT2D eigenvalue weighted by Gasteiger charge is 2.15. The number of carboxylic acid groups (broad SMARTS) is 1. The third kappa shape index (κ3) is 4.87. The molecule has 0 fully saturated rings. The first-order valence-corrected chi connectivity index (χ1v) is 6.60. The zero-order valence-corrected chi connectivity index (χ0v) is 11.4. The van der Waals surface area contributed by atoms with E-state index in [9.17, 15) is 9.59 Å². The van der Waals surface area contributed by atoms with Gasteiger partial charge in [-0.05, 0) is 13.8 Å². The van der Waals surface area contributed by atoms with Gasteiger partial charge in [0.15, 0.2) is 11.3 Å². The van der Waals surface area contributed by atoms with Crippen molar-refractivity contribution in [1.82, 2.24) is 20.1 Å². The molecule has 19 heavy (non-hydrogen) atoms. The lowest BCUT2D eigenvalue weighted by atomic mass is 10.3. The fourth-order valence-corrected chi connectivity index (χ4v) is 2.04. The molecule has 0 bridgehead atoms. The molecule has 0 radical (unpaired) electrons. The molecular weight excluding hydrogens is 272 g/mol. The summed E-state index contributed by atoms with van der Waals surface area (Å²) >= 11 is 1.20. The smallest absolute Gasteiger partial charge is 0.334 e. The Bertz CT molecular complexity index is 448. The first-order valence-electron chi connectivity index (χ1n) is 5.61. The Morgan fingerprint density at radius 2 is 2.21 bits per heavy atom. The summed E-state index contributed by atoms with van der Waals surface area (Å²) in [7, 11) is 0. The van der Waals surface area contributed by atoms with Gasteiger partial charge in [-0.3, -0.25) is 4.79 Å². The lowest BCUT2D eigenvalue weighted by Crippen LogP contribution is -2.37. The third-order valence-corrected chi connectivity index (χ3v) is 3.16. The van der Waals surface area contributed by atoms with Crippen LogP contribution >= 0.6 is 11.8 Å². The second-order valence-corrected chi connectivity index (χ2v) is 5.00. The number of aliphatic hydroxyl groups excluding tert-OH is 1. The number of carboxylic acids is 1. The first-order chi connectivity index (χ1) is 8.91. The molecule has 1 amide bonds. The van der Waals surface area contributed by atoms with Gasteiger partial charge in [-0.15, -0.1) is 10.2 Å². The van der Waals surface area contributed by atoms with Crippen LogP contribution in [0.1, 0.15) is 19.9 Å². The van der Waals surface area contributed by atoms with Gasteiger partial charge in [-0.25, -0.2) is 4.79 Å². The van der Waals surface area contributed by atoms with Crippen molar-refractivity contribution >= 4 is 23.6 Å². The van der Waals surface area contributed by atoms with Crippen molar-refractivity contribution in [2.45, 2.75) is 31.1 Å². The Balaban J connectivity index is 2.38. The number of carbonyl (C=O) groups excluding carboxylic acids is 1. The highest BCUT2D eigenvalue weighted by atomic mass is 32.2. The molecule has 0 aliphatic heterocycles. The molecule has 0 unspecified atom stereocenters. The minimum absolute atomic E-state index is 0.0811. The molecule has 9 heteroatoms. The van der Waals surface area contributed by atoms with Crippen LogP contribution in [0.4, 0.5) is 0 Å². The monoisotopic (exact) mass is 288 g/mol. The molecular formula is C10H16N4O4S. The van der Waals surface area contributed by atoms with Gasteiger partial charge < -0.3 is 20.1 Å². The van der Waals surface area contributed by atoms with Crippen LogP contribution in [0.2, 0.25) is 0 Å². The number of thioether (sulfide) groups is 1. The van der Waals surface area contributed by atoms with E-state index in [2.05, 4.69) is 15.5 Å².